The highest BCUT2D eigenvalue weighted by atomic mass is 35.5. The molecular weight excluding hydrogens is 210 g/mol. The molecule has 0 spiro atoms. The van der Waals surface area contributed by atoms with Gasteiger partial charge >= 0.3 is 5.97 Å². The average Bonchev–Trinajstić information content (AvgIpc) is 2.17. The van der Waals surface area contributed by atoms with Gasteiger partial charge in [-0.05, 0) is 18.2 Å². The van der Waals surface area contributed by atoms with Crippen molar-refractivity contribution in [3.05, 3.63) is 29.3 Å². The highest BCUT2D eigenvalue weighted by Crippen LogP contribution is 2.20. The number of carboxylic acid groups (broad SMARTS) is 1. The number of nitrogens with zero attached hydrogens (tertiary/aromatic N) is 1. The molecule has 0 bridgehead atoms. The Labute approximate surface area is 83.9 Å². The van der Waals surface area contributed by atoms with Crippen molar-refractivity contribution in [2.24, 2.45) is 5.16 Å². The number of hydrogen-bond donors (Lipinski definition) is 3. The Bertz CT molecular complexity index is 402. The molecule has 0 aliphatic heterocycles. The largest absolute Gasteiger partial charge is 0.507 e. The van der Waals surface area contributed by atoms with Crippen molar-refractivity contribution >= 4 is 22.7 Å². The summed E-state index contributed by atoms with van der Waals surface area (Å²) < 4.78 is 0. The van der Waals surface area contributed by atoms with E-state index in [0.29, 0.717) is 0 Å². The number of hydrogen-bond acceptors (Lipinski definition) is 4. The van der Waals surface area contributed by atoms with E-state index in [9.17, 15) is 9.90 Å². The van der Waals surface area contributed by atoms with Crippen LogP contribution in [0.15, 0.2) is 23.4 Å². The molecule has 0 aromatic heterocycles. The maximum atomic E-state index is 10.5. The average molecular weight is 216 g/mol. The second-order valence-corrected chi connectivity index (χ2v) is 2.79. The fourth-order valence-corrected chi connectivity index (χ4v) is 1.04. The summed E-state index contributed by atoms with van der Waals surface area (Å²) in [6.45, 7) is 0. The Morgan fingerprint density at radius 3 is 2.57 bits per heavy atom. The first-order valence-corrected chi connectivity index (χ1v) is 3.88. The lowest BCUT2D eigenvalue weighted by atomic mass is 10.1. The van der Waals surface area contributed by atoms with E-state index < -0.39 is 5.97 Å². The van der Waals surface area contributed by atoms with Gasteiger partial charge in [-0.2, -0.15) is 0 Å². The summed E-state index contributed by atoms with van der Waals surface area (Å²) >= 11 is 5.42. The van der Waals surface area contributed by atoms with Gasteiger partial charge in [0.1, 0.15) is 5.75 Å². The molecule has 3 N–H and O–H groups in total. The zero-order valence-corrected chi connectivity index (χ0v) is 7.56. The van der Waals surface area contributed by atoms with Gasteiger partial charge in [0.2, 0.25) is 0 Å². The van der Waals surface area contributed by atoms with Crippen LogP contribution in [0.25, 0.3) is 0 Å². The normalized spacial score (nSPS) is 11.4. The number of benzene rings is 1. The highest BCUT2D eigenvalue weighted by molar-refractivity contribution is 6.69. The number of aromatic carboxylic acids is 1. The number of carboxylic acids is 1. The minimum absolute atomic E-state index is 0.0333. The molecule has 0 saturated carbocycles. The van der Waals surface area contributed by atoms with E-state index in [0.717, 1.165) is 12.1 Å². The molecule has 0 aliphatic carbocycles. The number of phenols is 1. The molecule has 0 unspecified atom stereocenters. The van der Waals surface area contributed by atoms with Crippen LogP contribution in [0.1, 0.15) is 15.9 Å². The summed E-state index contributed by atoms with van der Waals surface area (Å²) in [6.07, 6.45) is 0. The van der Waals surface area contributed by atoms with Crippen molar-refractivity contribution in [3.8, 4) is 5.75 Å². The van der Waals surface area contributed by atoms with Crippen molar-refractivity contribution in [2.75, 3.05) is 0 Å². The molecule has 74 valence electrons. The molecule has 0 aliphatic rings. The zero-order valence-electron chi connectivity index (χ0n) is 6.81. The van der Waals surface area contributed by atoms with Crippen LogP contribution in [0.4, 0.5) is 0 Å². The van der Waals surface area contributed by atoms with Gasteiger partial charge in [-0.1, -0.05) is 16.8 Å². The number of phenolic OH excluding ortho intramolecular Hbond substituents is 1. The number of rotatable bonds is 2. The van der Waals surface area contributed by atoms with Crippen molar-refractivity contribution in [2.45, 2.75) is 0 Å². The van der Waals surface area contributed by atoms with Crippen LogP contribution in [0.5, 0.6) is 5.75 Å². The van der Waals surface area contributed by atoms with E-state index in [1.165, 1.54) is 6.07 Å². The summed E-state index contributed by atoms with van der Waals surface area (Å²) in [5.41, 5.74) is -0.0892. The molecule has 1 aromatic carbocycles. The quantitative estimate of drug-likeness (QED) is 0.396. The third-order valence-electron chi connectivity index (χ3n) is 1.55. The van der Waals surface area contributed by atoms with Crippen LogP contribution >= 0.6 is 11.6 Å². The van der Waals surface area contributed by atoms with Crippen LogP contribution in [0, 0.1) is 0 Å². The van der Waals surface area contributed by atoms with Crippen LogP contribution < -0.4 is 0 Å². The molecule has 0 heterocycles. The van der Waals surface area contributed by atoms with E-state index in [4.69, 9.17) is 21.9 Å². The van der Waals surface area contributed by atoms with Gasteiger partial charge in [-0.25, -0.2) is 4.79 Å². The highest BCUT2D eigenvalue weighted by Gasteiger charge is 2.11. The molecule has 6 heteroatoms. The summed E-state index contributed by atoms with van der Waals surface area (Å²) in [5, 5.41) is 28.5. The third-order valence-corrected chi connectivity index (χ3v) is 1.83. The Balaban J connectivity index is 3.28. The van der Waals surface area contributed by atoms with Gasteiger partial charge in [0.25, 0.3) is 0 Å². The van der Waals surface area contributed by atoms with E-state index in [2.05, 4.69) is 5.16 Å². The van der Waals surface area contributed by atoms with Gasteiger partial charge in [0.05, 0.1) is 11.1 Å². The number of aromatic hydroxyl groups is 1. The first-order valence-electron chi connectivity index (χ1n) is 3.50. The molecule has 0 fully saturated rings. The standard InChI is InChI=1S/C8H6ClNO4/c9-7(10-14)5-3-4(8(12)13)1-2-6(5)11/h1-3,11,14H,(H,12,13)/b10-7+. The molecule has 1 aromatic rings. The van der Waals surface area contributed by atoms with Gasteiger partial charge < -0.3 is 15.4 Å². The number of halogens is 1. The van der Waals surface area contributed by atoms with Gasteiger partial charge in [0.15, 0.2) is 5.17 Å². The molecule has 5 nitrogen and oxygen atoms in total. The van der Waals surface area contributed by atoms with E-state index >= 15 is 0 Å². The summed E-state index contributed by atoms with van der Waals surface area (Å²) in [7, 11) is 0. The molecule has 0 atom stereocenters. The van der Waals surface area contributed by atoms with E-state index in [-0.39, 0.29) is 22.0 Å². The number of carbonyl (C=O) groups is 1. The maximum absolute atomic E-state index is 10.5. The van der Waals surface area contributed by atoms with E-state index in [1.807, 2.05) is 0 Å². The van der Waals surface area contributed by atoms with Gasteiger partial charge in [-0.15, -0.1) is 0 Å². The Morgan fingerprint density at radius 1 is 1.43 bits per heavy atom. The summed E-state index contributed by atoms with van der Waals surface area (Å²) in [6, 6.07) is 3.48. The monoisotopic (exact) mass is 215 g/mol. The smallest absolute Gasteiger partial charge is 0.335 e. The lowest BCUT2D eigenvalue weighted by Gasteiger charge is -2.02. The minimum Gasteiger partial charge on any atom is -0.507 e. The van der Waals surface area contributed by atoms with Gasteiger partial charge in [-0.3, -0.25) is 0 Å². The molecule has 14 heavy (non-hydrogen) atoms. The SMILES string of the molecule is O=C(O)c1ccc(O)c(/C(Cl)=N\O)c1. The summed E-state index contributed by atoms with van der Waals surface area (Å²) in [5.74, 6) is -1.41. The summed E-state index contributed by atoms with van der Waals surface area (Å²) in [4.78, 5) is 10.5. The van der Waals surface area contributed by atoms with Gasteiger partial charge in [0, 0.05) is 0 Å². The first kappa shape index (κ1) is 10.3. The number of oxime groups is 1. The van der Waals surface area contributed by atoms with Crippen LogP contribution in [0.2, 0.25) is 0 Å². The Morgan fingerprint density at radius 2 is 2.07 bits per heavy atom. The van der Waals surface area contributed by atoms with E-state index in [1.54, 1.807) is 0 Å². The predicted molar refractivity (Wildman–Crippen MR) is 49.2 cm³/mol. The molecule has 0 radical (unpaired) electrons. The minimum atomic E-state index is -1.16. The third kappa shape index (κ3) is 1.94. The van der Waals surface area contributed by atoms with Crippen molar-refractivity contribution < 1.29 is 20.2 Å². The fourth-order valence-electron chi connectivity index (χ4n) is 0.888. The maximum Gasteiger partial charge on any atom is 0.335 e. The van der Waals surface area contributed by atoms with Crippen molar-refractivity contribution in [1.82, 2.24) is 0 Å². The Hall–Kier alpha value is -1.75. The molecular formula is C8H6ClNO4. The van der Waals surface area contributed by atoms with Crippen molar-refractivity contribution in [3.63, 3.8) is 0 Å². The lowest BCUT2D eigenvalue weighted by molar-refractivity contribution is 0.0697. The van der Waals surface area contributed by atoms with Crippen LogP contribution in [-0.4, -0.2) is 26.6 Å². The van der Waals surface area contributed by atoms with Crippen molar-refractivity contribution in [1.29, 1.82) is 0 Å². The lowest BCUT2D eigenvalue weighted by Crippen LogP contribution is -1.99. The first-order chi connectivity index (χ1) is 6.56. The second kappa shape index (κ2) is 3.97. The predicted octanol–water partition coefficient (Wildman–Crippen LogP) is 1.46. The zero-order chi connectivity index (χ0) is 10.7. The fraction of sp³-hybridized carbons (Fsp3) is 0. The molecule has 1 rings (SSSR count). The second-order valence-electron chi connectivity index (χ2n) is 2.43. The molecule has 0 saturated heterocycles. The Kier molecular flexibility index (Phi) is 2.93. The van der Waals surface area contributed by atoms with Crippen LogP contribution in [-0.2, 0) is 0 Å². The topological polar surface area (TPSA) is 90.1 Å². The molecule has 0 amide bonds. The van der Waals surface area contributed by atoms with Crippen LogP contribution in [0.3, 0.4) is 0 Å².